The van der Waals surface area contributed by atoms with E-state index in [1.54, 1.807) is 48.5 Å². The van der Waals surface area contributed by atoms with Gasteiger partial charge < -0.3 is 45.3 Å². The van der Waals surface area contributed by atoms with Crippen molar-refractivity contribution in [2.24, 2.45) is 0 Å². The maximum Gasteiger partial charge on any atom is 1.00 e. The van der Waals surface area contributed by atoms with Crippen molar-refractivity contribution >= 4 is 47.3 Å². The molecule has 0 fully saturated rings. The van der Waals surface area contributed by atoms with E-state index in [1.807, 2.05) is 62.4 Å². The Balaban J connectivity index is 0.000000350. The molecule has 2 amide bonds. The summed E-state index contributed by atoms with van der Waals surface area (Å²) < 4.78 is 11.5. The molecule has 0 radical (unpaired) electrons. The van der Waals surface area contributed by atoms with Crippen molar-refractivity contribution in [3.63, 3.8) is 0 Å². The quantitative estimate of drug-likeness (QED) is 0.0659. The molecular weight excluding hydrogens is 866 g/mol. The summed E-state index contributed by atoms with van der Waals surface area (Å²) >= 11 is 0. The molecule has 0 aliphatic heterocycles. The van der Waals surface area contributed by atoms with Gasteiger partial charge in [0.25, 0.3) is 11.8 Å². The van der Waals surface area contributed by atoms with Crippen LogP contribution < -0.4 is 62.9 Å². The molecular formula is C50H41Li2N2O14+. The molecule has 0 spiro atoms. The summed E-state index contributed by atoms with van der Waals surface area (Å²) in [4.78, 5) is 96.2. The van der Waals surface area contributed by atoms with Gasteiger partial charge in [-0.05, 0) is 97.8 Å². The summed E-state index contributed by atoms with van der Waals surface area (Å²) in [5.74, 6) is -6.40. The zero-order chi connectivity index (χ0) is 48.2. The Morgan fingerprint density at radius 1 is 0.426 bits per heavy atom. The molecule has 0 aliphatic rings. The molecule has 0 heterocycles. The number of carbonyl (C=O) groups excluding carboxylic acids is 5. The van der Waals surface area contributed by atoms with Crippen molar-refractivity contribution < 1.29 is 106 Å². The molecule has 0 saturated carbocycles. The molecule has 0 atom stereocenters. The van der Waals surface area contributed by atoms with E-state index in [0.29, 0.717) is 34.1 Å². The van der Waals surface area contributed by atoms with E-state index in [1.165, 1.54) is 14.1 Å². The van der Waals surface area contributed by atoms with E-state index in [4.69, 9.17) is 9.47 Å². The van der Waals surface area contributed by atoms with Gasteiger partial charge in [0, 0.05) is 43.6 Å². The van der Waals surface area contributed by atoms with E-state index >= 15 is 0 Å². The normalized spacial score (nSPS) is 10.1. The largest absolute Gasteiger partial charge is 1.00 e. The smallest absolute Gasteiger partial charge is 0.545 e. The Kier molecular flexibility index (Phi) is 19.8. The van der Waals surface area contributed by atoms with Crippen LogP contribution >= 0.6 is 0 Å². The SMILES string of the molecule is CNC(=O)c1cc(C(=O)Cc2ccc(Oc3ccc(C)cc3)cc2)c(C(=O)O)cc1C(=O)O.CNC(=O)c1cc(C(=O)Cc2ccc(Oc3ccc(C)cc3)cc2)c(C(=O)[O-])cc1C(=O)O.[Li+].[Li+]. The average molecular weight is 908 g/mol. The first-order valence-electron chi connectivity index (χ1n) is 19.8. The minimum atomic E-state index is -1.72. The summed E-state index contributed by atoms with van der Waals surface area (Å²) in [6.07, 6.45) is -0.324. The van der Waals surface area contributed by atoms with Gasteiger partial charge in [-0.15, -0.1) is 0 Å². The molecule has 336 valence electrons. The molecule has 6 aromatic carbocycles. The van der Waals surface area contributed by atoms with Gasteiger partial charge in [-0.1, -0.05) is 59.7 Å². The van der Waals surface area contributed by atoms with Crippen LogP contribution in [0.15, 0.2) is 121 Å². The Morgan fingerprint density at radius 2 is 0.691 bits per heavy atom. The van der Waals surface area contributed by atoms with Crippen LogP contribution in [0.2, 0.25) is 0 Å². The van der Waals surface area contributed by atoms with Gasteiger partial charge in [-0.3, -0.25) is 19.2 Å². The first-order valence-corrected chi connectivity index (χ1v) is 19.8. The number of carboxylic acids is 4. The topological polar surface area (TPSA) is 263 Å². The van der Waals surface area contributed by atoms with E-state index < -0.39 is 69.5 Å². The van der Waals surface area contributed by atoms with E-state index in [2.05, 4.69) is 10.6 Å². The molecule has 16 nitrogen and oxygen atoms in total. The fourth-order valence-corrected chi connectivity index (χ4v) is 6.40. The monoisotopic (exact) mass is 907 g/mol. The second kappa shape index (κ2) is 24.7. The maximum atomic E-state index is 12.9. The summed E-state index contributed by atoms with van der Waals surface area (Å²) in [6, 6.07) is 32.0. The fourth-order valence-electron chi connectivity index (χ4n) is 6.40. The molecule has 0 aliphatic carbocycles. The van der Waals surface area contributed by atoms with Gasteiger partial charge in [0.05, 0.1) is 33.8 Å². The van der Waals surface area contributed by atoms with Crippen LogP contribution in [0, 0.1) is 13.8 Å². The van der Waals surface area contributed by atoms with Crippen molar-refractivity contribution in [2.75, 3.05) is 14.1 Å². The zero-order valence-corrected chi connectivity index (χ0v) is 37.8. The zero-order valence-electron chi connectivity index (χ0n) is 37.8. The van der Waals surface area contributed by atoms with Crippen LogP contribution in [0.5, 0.6) is 23.0 Å². The Morgan fingerprint density at radius 3 is 0.985 bits per heavy atom. The molecule has 68 heavy (non-hydrogen) atoms. The Hall–Kier alpha value is -7.73. The number of hydrogen-bond acceptors (Lipinski definition) is 11. The number of nitrogens with one attached hydrogen (secondary N) is 2. The minimum absolute atomic E-state index is 0. The summed E-state index contributed by atoms with van der Waals surface area (Å²) in [5.41, 5.74) is 0.0965. The standard InChI is InChI=1S/2C25H21NO7.2Li/c2*1-14-3-7-16(8-4-14)33-17-9-5-15(6-10-17)11-22(27)18-12-19(23(28)26-2)21(25(31)32)13-20(18)24(29)30;;/h2*3-10,12-13H,11H2,1-2H3,(H,26,28)(H,29,30)(H,31,32);;/q;;2*+1/p-1. The number of amides is 2. The second-order valence-electron chi connectivity index (χ2n) is 14.6. The molecule has 0 saturated heterocycles. The minimum Gasteiger partial charge on any atom is -0.545 e. The molecule has 6 rings (SSSR count). The van der Waals surface area contributed by atoms with E-state index in [9.17, 15) is 58.8 Å². The van der Waals surface area contributed by atoms with Crippen molar-refractivity contribution in [2.45, 2.75) is 26.7 Å². The first kappa shape index (κ1) is 54.6. The summed E-state index contributed by atoms with van der Waals surface area (Å²) in [6.45, 7) is 3.94. The predicted molar refractivity (Wildman–Crippen MR) is 236 cm³/mol. The molecule has 0 unspecified atom stereocenters. The maximum absolute atomic E-state index is 12.9. The van der Waals surface area contributed by atoms with Gasteiger partial charge in [-0.2, -0.15) is 0 Å². The summed E-state index contributed by atoms with van der Waals surface area (Å²) in [7, 11) is 2.60. The molecule has 6 aromatic rings. The van der Waals surface area contributed by atoms with Crippen molar-refractivity contribution in [1.82, 2.24) is 10.6 Å². The molecule has 18 heteroatoms. The number of aromatic carboxylic acids is 4. The van der Waals surface area contributed by atoms with Crippen LogP contribution in [0.3, 0.4) is 0 Å². The van der Waals surface area contributed by atoms with E-state index in [-0.39, 0.29) is 72.8 Å². The van der Waals surface area contributed by atoms with Gasteiger partial charge in [0.15, 0.2) is 11.6 Å². The van der Waals surface area contributed by atoms with Crippen LogP contribution in [0.1, 0.15) is 105 Å². The third kappa shape index (κ3) is 14.1. The van der Waals surface area contributed by atoms with Crippen molar-refractivity contribution in [3.8, 4) is 23.0 Å². The van der Waals surface area contributed by atoms with Gasteiger partial charge in [0.2, 0.25) is 0 Å². The average Bonchev–Trinajstić information content (AvgIpc) is 3.30. The van der Waals surface area contributed by atoms with Crippen molar-refractivity contribution in [3.05, 3.63) is 188 Å². The van der Waals surface area contributed by atoms with Gasteiger partial charge in [-0.25, -0.2) is 14.4 Å². The first-order chi connectivity index (χ1) is 31.4. The third-order valence-corrected chi connectivity index (χ3v) is 9.86. The third-order valence-electron chi connectivity index (χ3n) is 9.86. The van der Waals surface area contributed by atoms with Gasteiger partial charge in [0.1, 0.15) is 23.0 Å². The molecule has 5 N–H and O–H groups in total. The number of carbonyl (C=O) groups is 8. The molecule has 0 aromatic heterocycles. The number of rotatable bonds is 16. The number of ketones is 2. The molecule has 0 bridgehead atoms. The van der Waals surface area contributed by atoms with Crippen molar-refractivity contribution in [1.29, 1.82) is 0 Å². The Bertz CT molecular complexity index is 2670. The number of Topliss-reactive ketones (excluding diaryl/α,β-unsaturated/α-hetero) is 2. The van der Waals surface area contributed by atoms with Crippen LogP contribution in [-0.4, -0.2) is 76.7 Å². The fraction of sp³-hybridized carbons (Fsp3) is 0.120. The van der Waals surface area contributed by atoms with Crippen LogP contribution in [0.25, 0.3) is 0 Å². The predicted octanol–water partition coefficient (Wildman–Crippen LogP) is 0.611. The Labute approximate surface area is 413 Å². The van der Waals surface area contributed by atoms with Crippen LogP contribution in [0.4, 0.5) is 0 Å². The number of benzene rings is 6. The summed E-state index contributed by atoms with van der Waals surface area (Å²) in [5, 5.41) is 44.3. The number of ether oxygens (including phenoxy) is 2. The van der Waals surface area contributed by atoms with E-state index in [0.717, 1.165) is 35.4 Å². The number of carboxylic acid groups (broad SMARTS) is 4. The van der Waals surface area contributed by atoms with Gasteiger partial charge >= 0.3 is 55.6 Å². The number of hydrogen-bond donors (Lipinski definition) is 5. The number of aryl methyl sites for hydroxylation is 2. The second-order valence-corrected chi connectivity index (χ2v) is 14.6. The van der Waals surface area contributed by atoms with Crippen LogP contribution in [-0.2, 0) is 12.8 Å².